The van der Waals surface area contributed by atoms with Gasteiger partial charge in [0.25, 0.3) is 5.91 Å². The molecule has 1 aliphatic carbocycles. The molecule has 4 heteroatoms. The van der Waals surface area contributed by atoms with Crippen molar-refractivity contribution >= 4 is 11.7 Å². The quantitative estimate of drug-likeness (QED) is 0.810. The molecule has 3 atom stereocenters. The summed E-state index contributed by atoms with van der Waals surface area (Å²) in [6.07, 6.45) is 5.75. The van der Waals surface area contributed by atoms with Crippen LogP contribution in [0.5, 0.6) is 0 Å². The van der Waals surface area contributed by atoms with Crippen LogP contribution in [0.4, 0.5) is 0 Å². The van der Waals surface area contributed by atoms with Crippen LogP contribution in [0.15, 0.2) is 53.8 Å². The van der Waals surface area contributed by atoms with E-state index in [0.29, 0.717) is 18.0 Å². The number of ketones is 1. The largest absolute Gasteiger partial charge is 0.374 e. The molecule has 0 fully saturated rings. The summed E-state index contributed by atoms with van der Waals surface area (Å²) in [5.41, 5.74) is 2.75. The third kappa shape index (κ3) is 4.38. The Labute approximate surface area is 150 Å². The Morgan fingerprint density at radius 3 is 2.52 bits per heavy atom. The molecular weight excluding hydrogens is 312 g/mol. The number of carbonyl (C=O) groups excluding carboxylic acids is 2. The van der Waals surface area contributed by atoms with E-state index in [1.54, 1.807) is 0 Å². The second-order valence-corrected chi connectivity index (χ2v) is 6.32. The average Bonchev–Trinajstić information content (AvgIpc) is 3.20. The summed E-state index contributed by atoms with van der Waals surface area (Å²) >= 11 is 0. The van der Waals surface area contributed by atoms with Gasteiger partial charge in [-0.15, -0.1) is 0 Å². The number of hydrogen-bond donors (Lipinski definition) is 2. The molecule has 0 aromatic heterocycles. The van der Waals surface area contributed by atoms with Gasteiger partial charge in [-0.3, -0.25) is 9.59 Å². The maximum Gasteiger partial charge on any atom is 0.267 e. The Morgan fingerprint density at radius 2 is 1.92 bits per heavy atom. The number of benzene rings is 1. The lowest BCUT2D eigenvalue weighted by Crippen LogP contribution is -2.44. The molecule has 1 heterocycles. The van der Waals surface area contributed by atoms with E-state index in [1.807, 2.05) is 51.1 Å². The van der Waals surface area contributed by atoms with Crippen molar-refractivity contribution in [2.75, 3.05) is 0 Å². The fraction of sp³-hybridized carbons (Fsp3) is 0.429. The van der Waals surface area contributed by atoms with E-state index in [-0.39, 0.29) is 17.7 Å². The van der Waals surface area contributed by atoms with Crippen molar-refractivity contribution in [2.24, 2.45) is 5.92 Å². The fourth-order valence-electron chi connectivity index (χ4n) is 3.33. The molecule has 0 saturated heterocycles. The van der Waals surface area contributed by atoms with Gasteiger partial charge in [-0.2, -0.15) is 0 Å². The highest BCUT2D eigenvalue weighted by Crippen LogP contribution is 2.33. The van der Waals surface area contributed by atoms with Crippen LogP contribution in [0.3, 0.4) is 0 Å². The van der Waals surface area contributed by atoms with E-state index in [4.69, 9.17) is 0 Å². The van der Waals surface area contributed by atoms with Gasteiger partial charge in [0.2, 0.25) is 0 Å². The van der Waals surface area contributed by atoms with Crippen LogP contribution in [0.25, 0.3) is 0 Å². The number of amides is 1. The minimum absolute atomic E-state index is 0.0291. The third-order valence-corrected chi connectivity index (χ3v) is 4.73. The second-order valence-electron chi connectivity index (χ2n) is 6.32. The van der Waals surface area contributed by atoms with Gasteiger partial charge in [-0.05, 0) is 37.8 Å². The molecule has 2 unspecified atom stereocenters. The summed E-state index contributed by atoms with van der Waals surface area (Å²) in [5, 5.41) is 6.17. The van der Waals surface area contributed by atoms with Crippen LogP contribution in [0.2, 0.25) is 0 Å². The summed E-state index contributed by atoms with van der Waals surface area (Å²) in [7, 11) is 0. The SMILES string of the molecule is CC.CC(=O)[C@H](Cc1ccccc1)NC(=O)C1=C(C)C2CC=CC2N1. The molecular formula is C21H28N2O2. The summed E-state index contributed by atoms with van der Waals surface area (Å²) in [4.78, 5) is 24.5. The maximum absolute atomic E-state index is 12.6. The highest BCUT2D eigenvalue weighted by atomic mass is 16.2. The molecule has 25 heavy (non-hydrogen) atoms. The summed E-state index contributed by atoms with van der Waals surface area (Å²) in [6.45, 7) is 7.52. The van der Waals surface area contributed by atoms with Gasteiger partial charge in [0.05, 0.1) is 17.8 Å². The number of rotatable bonds is 5. The predicted molar refractivity (Wildman–Crippen MR) is 101 cm³/mol. The first-order valence-electron chi connectivity index (χ1n) is 9.05. The van der Waals surface area contributed by atoms with Gasteiger partial charge in [0.15, 0.2) is 5.78 Å². The van der Waals surface area contributed by atoms with E-state index >= 15 is 0 Å². The number of carbonyl (C=O) groups is 2. The smallest absolute Gasteiger partial charge is 0.267 e. The predicted octanol–water partition coefficient (Wildman–Crippen LogP) is 3.15. The van der Waals surface area contributed by atoms with Crippen LogP contribution < -0.4 is 10.6 Å². The molecule has 3 rings (SSSR count). The van der Waals surface area contributed by atoms with Crippen LogP contribution in [-0.4, -0.2) is 23.8 Å². The molecule has 134 valence electrons. The molecule has 4 nitrogen and oxygen atoms in total. The number of Topliss-reactive ketones (excluding diaryl/α,β-unsaturated/α-hetero) is 1. The summed E-state index contributed by atoms with van der Waals surface area (Å²) in [5.74, 6) is 0.167. The zero-order valence-electron chi connectivity index (χ0n) is 15.5. The van der Waals surface area contributed by atoms with E-state index < -0.39 is 6.04 Å². The lowest BCUT2D eigenvalue weighted by atomic mass is 9.97. The normalized spacial score (nSPS) is 21.8. The van der Waals surface area contributed by atoms with Crippen LogP contribution in [0.1, 0.15) is 39.7 Å². The third-order valence-electron chi connectivity index (χ3n) is 4.73. The van der Waals surface area contributed by atoms with Gasteiger partial charge in [-0.1, -0.05) is 56.3 Å². The minimum Gasteiger partial charge on any atom is -0.374 e. The summed E-state index contributed by atoms with van der Waals surface area (Å²) in [6, 6.07) is 9.47. The zero-order chi connectivity index (χ0) is 18.4. The van der Waals surface area contributed by atoms with E-state index in [1.165, 1.54) is 6.92 Å². The zero-order valence-corrected chi connectivity index (χ0v) is 15.5. The molecule has 1 aromatic carbocycles. The van der Waals surface area contributed by atoms with Crippen molar-refractivity contribution in [1.82, 2.24) is 10.6 Å². The highest BCUT2D eigenvalue weighted by molar-refractivity contribution is 5.97. The fourth-order valence-corrected chi connectivity index (χ4v) is 3.33. The van der Waals surface area contributed by atoms with Crippen molar-refractivity contribution in [3.8, 4) is 0 Å². The van der Waals surface area contributed by atoms with Crippen molar-refractivity contribution in [3.63, 3.8) is 0 Å². The number of hydrogen-bond acceptors (Lipinski definition) is 3. The highest BCUT2D eigenvalue weighted by Gasteiger charge is 2.35. The second kappa shape index (κ2) is 8.65. The Bertz CT molecular complexity index is 676. The minimum atomic E-state index is -0.497. The molecule has 0 radical (unpaired) electrons. The van der Waals surface area contributed by atoms with Crippen LogP contribution >= 0.6 is 0 Å². The number of allylic oxidation sites excluding steroid dienone is 1. The first kappa shape index (κ1) is 19.0. The Morgan fingerprint density at radius 1 is 1.24 bits per heavy atom. The van der Waals surface area contributed by atoms with E-state index in [9.17, 15) is 9.59 Å². The monoisotopic (exact) mass is 340 g/mol. The first-order chi connectivity index (χ1) is 12.1. The van der Waals surface area contributed by atoms with Gasteiger partial charge < -0.3 is 10.6 Å². The van der Waals surface area contributed by atoms with Crippen molar-refractivity contribution in [1.29, 1.82) is 0 Å². The molecule has 1 amide bonds. The molecule has 1 aromatic rings. The Hall–Kier alpha value is -2.36. The van der Waals surface area contributed by atoms with E-state index in [2.05, 4.69) is 22.8 Å². The molecule has 0 bridgehead atoms. The van der Waals surface area contributed by atoms with Crippen LogP contribution in [0, 0.1) is 5.92 Å². The van der Waals surface area contributed by atoms with Crippen molar-refractivity contribution in [2.45, 2.75) is 52.6 Å². The molecule has 1 aliphatic heterocycles. The van der Waals surface area contributed by atoms with Crippen molar-refractivity contribution < 1.29 is 9.59 Å². The van der Waals surface area contributed by atoms with Gasteiger partial charge >= 0.3 is 0 Å². The molecule has 2 aliphatic rings. The molecule has 0 saturated carbocycles. The van der Waals surface area contributed by atoms with Crippen molar-refractivity contribution in [3.05, 3.63) is 59.3 Å². The van der Waals surface area contributed by atoms with E-state index in [0.717, 1.165) is 17.6 Å². The van der Waals surface area contributed by atoms with Gasteiger partial charge in [0, 0.05) is 5.92 Å². The number of fused-ring (bicyclic) bond motifs is 1. The topological polar surface area (TPSA) is 58.2 Å². The maximum atomic E-state index is 12.6. The van der Waals surface area contributed by atoms with Crippen LogP contribution in [-0.2, 0) is 16.0 Å². The molecule has 0 spiro atoms. The lowest BCUT2D eigenvalue weighted by Gasteiger charge is -2.17. The van der Waals surface area contributed by atoms with Gasteiger partial charge in [-0.25, -0.2) is 0 Å². The average molecular weight is 340 g/mol. The molecule has 2 N–H and O–H groups in total. The lowest BCUT2D eigenvalue weighted by molar-refractivity contribution is -0.124. The number of nitrogens with one attached hydrogen (secondary N) is 2. The Kier molecular flexibility index (Phi) is 6.57. The first-order valence-corrected chi connectivity index (χ1v) is 9.05. The summed E-state index contributed by atoms with van der Waals surface area (Å²) < 4.78 is 0. The Balaban J connectivity index is 0.00000109. The van der Waals surface area contributed by atoms with Gasteiger partial charge in [0.1, 0.15) is 0 Å². The standard InChI is InChI=1S/C19H22N2O2.C2H6/c1-12-15-9-6-10-16(15)20-18(12)19(23)21-17(13(2)22)11-14-7-4-3-5-8-14;1-2/h3-8,10,15-17,20H,9,11H2,1-2H3,(H,21,23);1-2H3/t15?,16?,17-;/m0./s1.